The summed E-state index contributed by atoms with van der Waals surface area (Å²) >= 11 is 5.79. The first-order valence-electron chi connectivity index (χ1n) is 7.99. The van der Waals surface area contributed by atoms with E-state index in [1.807, 2.05) is 0 Å². The molecule has 1 saturated heterocycles. The molecule has 0 saturated carbocycles. The van der Waals surface area contributed by atoms with E-state index in [9.17, 15) is 15.2 Å². The monoisotopic (exact) mass is 341 g/mol. The highest BCUT2D eigenvalue weighted by atomic mass is 35.5. The minimum atomic E-state index is -0.488. The number of aliphatic hydroxyl groups excluding tert-OH is 1. The van der Waals surface area contributed by atoms with Gasteiger partial charge in [-0.2, -0.15) is 0 Å². The Hall–Kier alpha value is -1.21. The molecule has 0 radical (unpaired) electrons. The van der Waals surface area contributed by atoms with Crippen LogP contribution in [-0.4, -0.2) is 47.2 Å². The number of hydrogen-bond donors (Lipinski definition) is 2. The lowest BCUT2D eigenvalue weighted by Gasteiger charge is -2.31. The number of hydrogen-bond acceptors (Lipinski definition) is 5. The smallest absolute Gasteiger partial charge is 0.288 e. The maximum absolute atomic E-state index is 10.9. The molecule has 1 fully saturated rings. The predicted molar refractivity (Wildman–Crippen MR) is 90.7 cm³/mol. The summed E-state index contributed by atoms with van der Waals surface area (Å²) < 4.78 is 0. The van der Waals surface area contributed by atoms with Crippen molar-refractivity contribution in [3.8, 4) is 0 Å². The fraction of sp³-hybridized carbons (Fsp3) is 0.625. The molecular formula is C16H24ClN3O3. The third-order valence-electron chi connectivity index (χ3n) is 4.26. The Kier molecular flexibility index (Phi) is 6.77. The van der Waals surface area contributed by atoms with Crippen molar-refractivity contribution >= 4 is 17.3 Å². The van der Waals surface area contributed by atoms with Gasteiger partial charge in [0.1, 0.15) is 5.02 Å². The molecule has 0 bridgehead atoms. The fourth-order valence-electron chi connectivity index (χ4n) is 2.80. The Labute approximate surface area is 141 Å². The zero-order chi connectivity index (χ0) is 16.8. The van der Waals surface area contributed by atoms with E-state index >= 15 is 0 Å². The topological polar surface area (TPSA) is 78.6 Å². The lowest BCUT2D eigenvalue weighted by atomic mass is 9.99. The van der Waals surface area contributed by atoms with E-state index in [4.69, 9.17) is 11.6 Å². The van der Waals surface area contributed by atoms with E-state index in [1.165, 1.54) is 25.0 Å². The first kappa shape index (κ1) is 18.1. The highest BCUT2D eigenvalue weighted by Crippen LogP contribution is 2.24. The molecule has 7 heteroatoms. The molecule has 1 aliphatic rings. The number of benzene rings is 1. The van der Waals surface area contributed by atoms with Crippen LogP contribution < -0.4 is 5.32 Å². The van der Waals surface area contributed by atoms with Gasteiger partial charge in [-0.3, -0.25) is 10.1 Å². The van der Waals surface area contributed by atoms with Gasteiger partial charge in [-0.1, -0.05) is 24.6 Å². The quantitative estimate of drug-likeness (QED) is 0.588. The third kappa shape index (κ3) is 5.73. The summed E-state index contributed by atoms with van der Waals surface area (Å²) in [4.78, 5) is 12.7. The molecule has 0 amide bonds. The SMILES string of the molecule is CC1CCN(CC(O)CNCc2ccc(Cl)c([N+](=O)[O-])c2)CC1. The van der Waals surface area contributed by atoms with Gasteiger partial charge in [-0.05, 0) is 43.5 Å². The summed E-state index contributed by atoms with van der Waals surface area (Å²) in [6, 6.07) is 4.75. The van der Waals surface area contributed by atoms with Crippen LogP contribution in [0.15, 0.2) is 18.2 Å². The van der Waals surface area contributed by atoms with Gasteiger partial charge in [0, 0.05) is 25.7 Å². The van der Waals surface area contributed by atoms with Crippen molar-refractivity contribution in [2.45, 2.75) is 32.4 Å². The molecule has 1 aromatic carbocycles. The molecule has 23 heavy (non-hydrogen) atoms. The third-order valence-corrected chi connectivity index (χ3v) is 4.58. The second-order valence-corrected chi connectivity index (χ2v) is 6.72. The Morgan fingerprint density at radius 3 is 2.83 bits per heavy atom. The standard InChI is InChI=1S/C16H24ClN3O3/c1-12-4-6-19(7-5-12)11-14(21)10-18-9-13-2-3-15(17)16(8-13)20(22)23/h2-3,8,12,14,18,21H,4-7,9-11H2,1H3. The zero-order valence-electron chi connectivity index (χ0n) is 13.4. The van der Waals surface area contributed by atoms with Crippen LogP contribution in [0.25, 0.3) is 0 Å². The first-order chi connectivity index (χ1) is 11.0. The molecule has 1 unspecified atom stereocenters. The Morgan fingerprint density at radius 1 is 1.48 bits per heavy atom. The minimum absolute atomic E-state index is 0.0889. The molecule has 0 aliphatic carbocycles. The van der Waals surface area contributed by atoms with E-state index in [0.29, 0.717) is 19.6 Å². The summed E-state index contributed by atoms with van der Waals surface area (Å²) in [6.45, 7) is 5.94. The number of β-amino-alcohol motifs (C(OH)–C–C–N with tert-alkyl or cyclic N) is 1. The van der Waals surface area contributed by atoms with Crippen molar-refractivity contribution in [2.24, 2.45) is 5.92 Å². The van der Waals surface area contributed by atoms with Crippen LogP contribution in [0.2, 0.25) is 5.02 Å². The molecule has 1 atom stereocenters. The Morgan fingerprint density at radius 2 is 2.17 bits per heavy atom. The predicted octanol–water partition coefficient (Wildman–Crippen LogP) is 2.43. The number of rotatable bonds is 7. The van der Waals surface area contributed by atoms with Crippen LogP contribution in [-0.2, 0) is 6.54 Å². The number of nitrogens with zero attached hydrogens (tertiary/aromatic N) is 2. The average molecular weight is 342 g/mol. The van der Waals surface area contributed by atoms with E-state index < -0.39 is 11.0 Å². The number of nitro groups is 1. The molecule has 1 aromatic rings. The van der Waals surface area contributed by atoms with Gasteiger partial charge in [0.05, 0.1) is 11.0 Å². The van der Waals surface area contributed by atoms with Gasteiger partial charge in [-0.25, -0.2) is 0 Å². The molecule has 1 aliphatic heterocycles. The summed E-state index contributed by atoms with van der Waals surface area (Å²) in [7, 11) is 0. The Balaban J connectivity index is 1.74. The van der Waals surface area contributed by atoms with Crippen LogP contribution in [0.5, 0.6) is 0 Å². The van der Waals surface area contributed by atoms with Crippen LogP contribution in [0, 0.1) is 16.0 Å². The average Bonchev–Trinajstić information content (AvgIpc) is 2.51. The molecule has 6 nitrogen and oxygen atoms in total. The van der Waals surface area contributed by atoms with E-state index in [-0.39, 0.29) is 10.7 Å². The number of likely N-dealkylation sites (tertiary alicyclic amines) is 1. The van der Waals surface area contributed by atoms with E-state index in [2.05, 4.69) is 17.1 Å². The number of piperidine rings is 1. The number of nitro benzene ring substituents is 1. The second kappa shape index (κ2) is 8.59. The summed E-state index contributed by atoms with van der Waals surface area (Å²) in [5, 5.41) is 24.2. The summed E-state index contributed by atoms with van der Waals surface area (Å²) in [6.07, 6.45) is 1.94. The van der Waals surface area contributed by atoms with E-state index in [0.717, 1.165) is 24.6 Å². The van der Waals surface area contributed by atoms with Gasteiger partial charge < -0.3 is 15.3 Å². The molecule has 1 heterocycles. The zero-order valence-corrected chi connectivity index (χ0v) is 14.1. The van der Waals surface area contributed by atoms with Crippen LogP contribution >= 0.6 is 11.6 Å². The maximum Gasteiger partial charge on any atom is 0.288 e. The van der Waals surface area contributed by atoms with Crippen molar-refractivity contribution in [1.29, 1.82) is 0 Å². The molecule has 2 rings (SSSR count). The highest BCUT2D eigenvalue weighted by molar-refractivity contribution is 6.32. The van der Waals surface area contributed by atoms with Crippen LogP contribution in [0.1, 0.15) is 25.3 Å². The van der Waals surface area contributed by atoms with Crippen molar-refractivity contribution in [1.82, 2.24) is 10.2 Å². The first-order valence-corrected chi connectivity index (χ1v) is 8.37. The molecule has 0 spiro atoms. The van der Waals surface area contributed by atoms with Crippen molar-refractivity contribution in [2.75, 3.05) is 26.2 Å². The van der Waals surface area contributed by atoms with Crippen molar-refractivity contribution in [3.63, 3.8) is 0 Å². The molecule has 2 N–H and O–H groups in total. The van der Waals surface area contributed by atoms with Gasteiger partial charge >= 0.3 is 0 Å². The molecule has 128 valence electrons. The second-order valence-electron chi connectivity index (χ2n) is 6.31. The number of aliphatic hydroxyl groups is 1. The normalized spacial score (nSPS) is 18.0. The van der Waals surface area contributed by atoms with Gasteiger partial charge in [-0.15, -0.1) is 0 Å². The van der Waals surface area contributed by atoms with Gasteiger partial charge in [0.15, 0.2) is 0 Å². The Bertz CT molecular complexity index is 533. The number of nitrogens with one attached hydrogen (secondary N) is 1. The van der Waals surface area contributed by atoms with Crippen molar-refractivity contribution < 1.29 is 10.0 Å². The minimum Gasteiger partial charge on any atom is -0.390 e. The largest absolute Gasteiger partial charge is 0.390 e. The lowest BCUT2D eigenvalue weighted by molar-refractivity contribution is -0.384. The van der Waals surface area contributed by atoms with Gasteiger partial charge in [0.25, 0.3) is 5.69 Å². The summed E-state index contributed by atoms with van der Waals surface area (Å²) in [5.41, 5.74) is 0.689. The maximum atomic E-state index is 10.9. The van der Waals surface area contributed by atoms with E-state index in [1.54, 1.807) is 6.07 Å². The molecule has 0 aromatic heterocycles. The van der Waals surface area contributed by atoms with Gasteiger partial charge in [0.2, 0.25) is 0 Å². The highest BCUT2D eigenvalue weighted by Gasteiger charge is 2.18. The number of halogens is 1. The lowest BCUT2D eigenvalue weighted by Crippen LogP contribution is -2.41. The van der Waals surface area contributed by atoms with Crippen LogP contribution in [0.4, 0.5) is 5.69 Å². The van der Waals surface area contributed by atoms with Crippen molar-refractivity contribution in [3.05, 3.63) is 38.9 Å². The van der Waals surface area contributed by atoms with Crippen LogP contribution in [0.3, 0.4) is 0 Å². The summed E-state index contributed by atoms with van der Waals surface area (Å²) in [5.74, 6) is 0.780. The molecular weight excluding hydrogens is 318 g/mol. The fourth-order valence-corrected chi connectivity index (χ4v) is 2.99.